The highest BCUT2D eigenvalue weighted by atomic mass is 16.6. The van der Waals surface area contributed by atoms with Gasteiger partial charge in [-0.15, -0.1) is 0 Å². The molecule has 0 radical (unpaired) electrons. The second-order valence-corrected chi connectivity index (χ2v) is 9.42. The maximum Gasteiger partial charge on any atom is 0.342 e. The van der Waals surface area contributed by atoms with Crippen LogP contribution in [-0.2, 0) is 14.3 Å². The molecule has 3 aliphatic carbocycles. The van der Waals surface area contributed by atoms with E-state index >= 15 is 0 Å². The van der Waals surface area contributed by atoms with Gasteiger partial charge in [-0.2, -0.15) is 0 Å². The number of aliphatic hydroxyl groups is 1. The van der Waals surface area contributed by atoms with Crippen molar-refractivity contribution in [3.63, 3.8) is 0 Å². The number of aromatic hydroxyl groups is 2. The summed E-state index contributed by atoms with van der Waals surface area (Å²) in [5, 5.41) is 31.0. The van der Waals surface area contributed by atoms with Crippen molar-refractivity contribution in [3.8, 4) is 11.5 Å². The molecule has 1 unspecified atom stereocenters. The number of ether oxygens (including phenoxy) is 2. The summed E-state index contributed by atoms with van der Waals surface area (Å²) in [5.41, 5.74) is -2.19. The van der Waals surface area contributed by atoms with Gasteiger partial charge in [-0.05, 0) is 49.8 Å². The lowest BCUT2D eigenvalue weighted by Gasteiger charge is -2.67. The van der Waals surface area contributed by atoms with Crippen LogP contribution >= 0.6 is 0 Å². The summed E-state index contributed by atoms with van der Waals surface area (Å²) >= 11 is 0. The van der Waals surface area contributed by atoms with E-state index in [0.29, 0.717) is 30.6 Å². The maximum atomic E-state index is 12.9. The number of benzene rings is 1. The van der Waals surface area contributed by atoms with Gasteiger partial charge in [0.1, 0.15) is 35.1 Å². The van der Waals surface area contributed by atoms with Gasteiger partial charge in [-0.1, -0.05) is 13.8 Å². The second-order valence-electron chi connectivity index (χ2n) is 9.42. The van der Waals surface area contributed by atoms with Crippen LogP contribution in [0, 0.1) is 24.2 Å². The predicted molar refractivity (Wildman–Crippen MR) is 107 cm³/mol. The molecular formula is C23H28O7. The van der Waals surface area contributed by atoms with Gasteiger partial charge in [0, 0.05) is 30.1 Å². The first-order chi connectivity index (χ1) is 14.0. The fraction of sp³-hybridized carbons (Fsp3) is 0.565. The van der Waals surface area contributed by atoms with Crippen molar-refractivity contribution in [2.24, 2.45) is 17.3 Å². The number of hydrogen-bond acceptors (Lipinski definition) is 7. The van der Waals surface area contributed by atoms with E-state index in [1.165, 1.54) is 13.2 Å². The fourth-order valence-electron chi connectivity index (χ4n) is 6.50. The van der Waals surface area contributed by atoms with Gasteiger partial charge in [0.25, 0.3) is 0 Å². The number of aryl methyl sites for hydroxylation is 1. The Balaban J connectivity index is 1.72. The summed E-state index contributed by atoms with van der Waals surface area (Å²) in [7, 11) is 1.49. The molecule has 0 saturated heterocycles. The van der Waals surface area contributed by atoms with E-state index in [4.69, 9.17) is 9.47 Å². The molecule has 0 aromatic heterocycles. The first-order valence-electron chi connectivity index (χ1n) is 10.2. The lowest BCUT2D eigenvalue weighted by Crippen LogP contribution is -2.75. The Bertz CT molecular complexity index is 930. The first kappa shape index (κ1) is 20.9. The van der Waals surface area contributed by atoms with Gasteiger partial charge in [0.2, 0.25) is 0 Å². The Kier molecular flexibility index (Phi) is 4.56. The second kappa shape index (κ2) is 6.56. The smallest absolute Gasteiger partial charge is 0.342 e. The van der Waals surface area contributed by atoms with Gasteiger partial charge >= 0.3 is 5.97 Å². The van der Waals surface area contributed by atoms with Crippen LogP contribution in [0.4, 0.5) is 0 Å². The molecule has 6 atom stereocenters. The van der Waals surface area contributed by atoms with E-state index in [1.807, 2.05) is 6.92 Å². The van der Waals surface area contributed by atoms with Crippen LogP contribution in [0.2, 0.25) is 0 Å². The van der Waals surface area contributed by atoms with Crippen LogP contribution in [0.5, 0.6) is 11.5 Å². The highest BCUT2D eigenvalue weighted by molar-refractivity contribution is 5.94. The van der Waals surface area contributed by atoms with Crippen LogP contribution in [0.25, 0.3) is 0 Å². The number of rotatable bonds is 4. The van der Waals surface area contributed by atoms with Crippen molar-refractivity contribution in [1.29, 1.82) is 0 Å². The van der Waals surface area contributed by atoms with E-state index < -0.39 is 28.7 Å². The third-order valence-electron chi connectivity index (χ3n) is 7.63. The zero-order valence-corrected chi connectivity index (χ0v) is 17.6. The average Bonchev–Trinajstić information content (AvgIpc) is 2.94. The molecule has 3 N–H and O–H groups in total. The zero-order valence-electron chi connectivity index (χ0n) is 17.6. The molecule has 3 aliphatic rings. The number of phenols is 2. The van der Waals surface area contributed by atoms with Crippen molar-refractivity contribution < 1.29 is 34.4 Å². The van der Waals surface area contributed by atoms with E-state index in [1.54, 1.807) is 13.0 Å². The fourth-order valence-corrected chi connectivity index (χ4v) is 6.50. The molecule has 0 bridgehead atoms. The molecule has 2 fully saturated rings. The summed E-state index contributed by atoms with van der Waals surface area (Å²) in [6.07, 6.45) is 3.33. The zero-order chi connectivity index (χ0) is 22.1. The minimum Gasteiger partial charge on any atom is -0.508 e. The Labute approximate surface area is 175 Å². The van der Waals surface area contributed by atoms with E-state index in [-0.39, 0.29) is 28.6 Å². The van der Waals surface area contributed by atoms with Crippen molar-refractivity contribution in [2.45, 2.75) is 57.3 Å². The normalized spacial score (nSPS) is 39.4. The Morgan fingerprint density at radius 1 is 1.27 bits per heavy atom. The SMILES string of the molecule is CO[C@]12C(C=O)=C[C@]3(O)C[C@@H](C)CC3[C@@]1(C)C[C@H]2OC(=O)c1c(C)cc(O)cc1O. The average molecular weight is 416 g/mol. The van der Waals surface area contributed by atoms with Crippen LogP contribution in [0.15, 0.2) is 23.8 Å². The number of phenolic OH excluding ortho intramolecular Hbond substituents is 2. The van der Waals surface area contributed by atoms with Gasteiger partial charge in [-0.25, -0.2) is 4.79 Å². The van der Waals surface area contributed by atoms with Gasteiger partial charge < -0.3 is 24.8 Å². The van der Waals surface area contributed by atoms with Gasteiger partial charge in [-0.3, -0.25) is 4.79 Å². The lowest BCUT2D eigenvalue weighted by molar-refractivity contribution is -0.272. The Morgan fingerprint density at radius 2 is 1.97 bits per heavy atom. The molecule has 0 spiro atoms. The quantitative estimate of drug-likeness (QED) is 0.511. The molecule has 7 heteroatoms. The van der Waals surface area contributed by atoms with Crippen molar-refractivity contribution in [1.82, 2.24) is 0 Å². The van der Waals surface area contributed by atoms with Crippen LogP contribution in [0.1, 0.15) is 49.0 Å². The summed E-state index contributed by atoms with van der Waals surface area (Å²) in [6, 6.07) is 2.45. The molecule has 1 aromatic carbocycles. The van der Waals surface area contributed by atoms with Gasteiger partial charge in [0.05, 0.1) is 5.60 Å². The summed E-state index contributed by atoms with van der Waals surface area (Å²) in [5.74, 6) is -1.10. The highest BCUT2D eigenvalue weighted by Gasteiger charge is 2.75. The van der Waals surface area contributed by atoms with Crippen LogP contribution in [0.3, 0.4) is 0 Å². The van der Waals surface area contributed by atoms with Crippen molar-refractivity contribution >= 4 is 12.3 Å². The largest absolute Gasteiger partial charge is 0.508 e. The summed E-state index contributed by atoms with van der Waals surface area (Å²) in [6.45, 7) is 5.65. The summed E-state index contributed by atoms with van der Waals surface area (Å²) in [4.78, 5) is 24.9. The highest BCUT2D eigenvalue weighted by Crippen LogP contribution is 2.69. The topological polar surface area (TPSA) is 113 Å². The number of methoxy groups -OCH3 is 1. The number of carbonyl (C=O) groups is 2. The number of hydrogen-bond donors (Lipinski definition) is 3. The van der Waals surface area contributed by atoms with E-state index in [9.17, 15) is 24.9 Å². The standard InChI is InChI=1S/C23H28O7/c1-12-5-17-21(3)10-18(23(21,29-4)14(11-24)9-22(17,28)8-12)30-20(27)19-13(2)6-15(25)7-16(19)26/h6-7,9,11-12,17-18,25-26,28H,5,8,10H2,1-4H3/t12-,17?,18+,21+,22+,23-/m0/s1. The maximum absolute atomic E-state index is 12.9. The first-order valence-corrected chi connectivity index (χ1v) is 10.2. The third kappa shape index (κ3) is 2.51. The molecule has 7 nitrogen and oxygen atoms in total. The minimum atomic E-state index is -1.16. The van der Waals surface area contributed by atoms with Crippen LogP contribution in [-0.4, -0.2) is 52.0 Å². The minimum absolute atomic E-state index is 0.0360. The van der Waals surface area contributed by atoms with E-state index in [0.717, 1.165) is 12.5 Å². The molecular weight excluding hydrogens is 388 g/mol. The third-order valence-corrected chi connectivity index (χ3v) is 7.63. The van der Waals surface area contributed by atoms with Crippen molar-refractivity contribution in [2.75, 3.05) is 7.11 Å². The molecule has 0 aliphatic heterocycles. The number of aldehydes is 1. The molecule has 4 rings (SSSR count). The molecule has 30 heavy (non-hydrogen) atoms. The molecule has 2 saturated carbocycles. The Morgan fingerprint density at radius 3 is 2.57 bits per heavy atom. The number of esters is 1. The molecule has 0 amide bonds. The molecule has 162 valence electrons. The van der Waals surface area contributed by atoms with Crippen molar-refractivity contribution in [3.05, 3.63) is 34.9 Å². The number of fused-ring (bicyclic) bond motifs is 3. The number of carbonyl (C=O) groups excluding carboxylic acids is 2. The molecule has 0 heterocycles. The van der Waals surface area contributed by atoms with E-state index in [2.05, 4.69) is 6.92 Å². The Hall–Kier alpha value is -2.38. The molecule has 1 aromatic rings. The van der Waals surface area contributed by atoms with Gasteiger partial charge in [0.15, 0.2) is 0 Å². The monoisotopic (exact) mass is 416 g/mol. The van der Waals surface area contributed by atoms with Crippen LogP contribution < -0.4 is 0 Å². The predicted octanol–water partition coefficient (Wildman–Crippen LogP) is 2.64. The lowest BCUT2D eigenvalue weighted by atomic mass is 9.43. The summed E-state index contributed by atoms with van der Waals surface area (Å²) < 4.78 is 11.7.